The Morgan fingerprint density at radius 3 is 2.53 bits per heavy atom. The average molecular weight is 344 g/mol. The van der Waals surface area contributed by atoms with Gasteiger partial charge < -0.3 is 15.4 Å². The first-order valence-electron chi connectivity index (χ1n) is 5.43. The van der Waals surface area contributed by atoms with Crippen molar-refractivity contribution >= 4 is 53.0 Å². The van der Waals surface area contributed by atoms with E-state index in [0.29, 0.717) is 28.2 Å². The molecule has 108 valence electrons. The van der Waals surface area contributed by atoms with Crippen LogP contribution in [0.25, 0.3) is 0 Å². The third kappa shape index (κ3) is 6.63. The van der Waals surface area contributed by atoms with Crippen LogP contribution >= 0.6 is 47.8 Å². The Bertz CT molecular complexity index is 429. The molecule has 0 aliphatic heterocycles. The maximum absolute atomic E-state index is 5.96. The van der Waals surface area contributed by atoms with Crippen molar-refractivity contribution in [3.05, 3.63) is 33.8 Å². The molecule has 0 aliphatic rings. The SMILES string of the molecule is CN(C)C(=S)OC[C@H](N)Cc1ccc(Cl)c(Cl)c1.Cl. The zero-order valence-corrected chi connectivity index (χ0v) is 13.9. The Kier molecular flexibility index (Phi) is 8.70. The van der Waals surface area contributed by atoms with Crippen molar-refractivity contribution in [1.82, 2.24) is 4.90 Å². The molecule has 1 aromatic rings. The fourth-order valence-electron chi connectivity index (χ4n) is 1.34. The van der Waals surface area contributed by atoms with E-state index in [1.807, 2.05) is 26.2 Å². The molecule has 0 amide bonds. The first kappa shape index (κ1) is 18.7. The number of hydrogen-bond donors (Lipinski definition) is 1. The largest absolute Gasteiger partial charge is 0.469 e. The number of ether oxygens (including phenoxy) is 1. The molecular weight excluding hydrogens is 327 g/mol. The fraction of sp³-hybridized carbons (Fsp3) is 0.417. The van der Waals surface area contributed by atoms with Gasteiger partial charge in [-0.15, -0.1) is 12.4 Å². The van der Waals surface area contributed by atoms with E-state index in [2.05, 4.69) is 0 Å². The van der Waals surface area contributed by atoms with Crippen molar-refractivity contribution in [1.29, 1.82) is 0 Å². The molecule has 0 radical (unpaired) electrons. The monoisotopic (exact) mass is 342 g/mol. The molecule has 0 fully saturated rings. The van der Waals surface area contributed by atoms with E-state index in [1.165, 1.54) is 0 Å². The summed E-state index contributed by atoms with van der Waals surface area (Å²) in [5.74, 6) is 0. The lowest BCUT2D eigenvalue weighted by molar-refractivity contribution is 0.246. The second-order valence-electron chi connectivity index (χ2n) is 4.18. The highest BCUT2D eigenvalue weighted by Gasteiger charge is 2.08. The van der Waals surface area contributed by atoms with Crippen molar-refractivity contribution in [3.8, 4) is 0 Å². The molecule has 0 spiro atoms. The van der Waals surface area contributed by atoms with Crippen molar-refractivity contribution in [3.63, 3.8) is 0 Å². The van der Waals surface area contributed by atoms with Crippen molar-refractivity contribution < 1.29 is 4.74 Å². The Labute approximate surface area is 135 Å². The van der Waals surface area contributed by atoms with E-state index < -0.39 is 0 Å². The van der Waals surface area contributed by atoms with E-state index in [1.54, 1.807) is 11.0 Å². The van der Waals surface area contributed by atoms with E-state index in [0.717, 1.165) is 5.56 Å². The Morgan fingerprint density at radius 1 is 1.37 bits per heavy atom. The highest BCUT2D eigenvalue weighted by atomic mass is 35.5. The van der Waals surface area contributed by atoms with Crippen LogP contribution in [0.4, 0.5) is 0 Å². The molecule has 2 N–H and O–H groups in total. The fourth-order valence-corrected chi connectivity index (χ4v) is 1.72. The van der Waals surface area contributed by atoms with E-state index in [9.17, 15) is 0 Å². The van der Waals surface area contributed by atoms with Crippen LogP contribution < -0.4 is 5.73 Å². The molecular formula is C12H17Cl3N2OS. The zero-order valence-electron chi connectivity index (χ0n) is 10.7. The minimum Gasteiger partial charge on any atom is -0.469 e. The number of thiocarbonyl (C=S) groups is 1. The molecule has 19 heavy (non-hydrogen) atoms. The minimum absolute atomic E-state index is 0. The van der Waals surface area contributed by atoms with Crippen LogP contribution in [0.1, 0.15) is 5.56 Å². The number of nitrogens with two attached hydrogens (primary N) is 1. The van der Waals surface area contributed by atoms with E-state index in [-0.39, 0.29) is 18.4 Å². The third-order valence-electron chi connectivity index (χ3n) is 2.27. The highest BCUT2D eigenvalue weighted by Crippen LogP contribution is 2.23. The van der Waals surface area contributed by atoms with Gasteiger partial charge in [0.15, 0.2) is 0 Å². The Balaban J connectivity index is 0.00000324. The lowest BCUT2D eigenvalue weighted by atomic mass is 10.1. The van der Waals surface area contributed by atoms with Crippen LogP contribution in [-0.4, -0.2) is 36.8 Å². The van der Waals surface area contributed by atoms with E-state index >= 15 is 0 Å². The molecule has 0 heterocycles. The van der Waals surface area contributed by atoms with Crippen molar-refractivity contribution in [2.75, 3.05) is 20.7 Å². The number of halogens is 3. The van der Waals surface area contributed by atoms with Crippen LogP contribution in [0.3, 0.4) is 0 Å². The second-order valence-corrected chi connectivity index (χ2v) is 5.35. The smallest absolute Gasteiger partial charge is 0.258 e. The van der Waals surface area contributed by atoms with Crippen LogP contribution in [0.15, 0.2) is 18.2 Å². The summed E-state index contributed by atoms with van der Waals surface area (Å²) in [6.45, 7) is 0.372. The summed E-state index contributed by atoms with van der Waals surface area (Å²) in [7, 11) is 3.65. The van der Waals surface area contributed by atoms with Gasteiger partial charge in [0.2, 0.25) is 0 Å². The number of rotatable bonds is 4. The summed E-state index contributed by atoms with van der Waals surface area (Å²) in [4.78, 5) is 1.72. The number of hydrogen-bond acceptors (Lipinski definition) is 3. The summed E-state index contributed by atoms with van der Waals surface area (Å²) in [5.41, 5.74) is 6.99. The number of nitrogens with zero attached hydrogens (tertiary/aromatic N) is 1. The summed E-state index contributed by atoms with van der Waals surface area (Å²) < 4.78 is 5.36. The molecule has 1 rings (SSSR count). The number of benzene rings is 1. The van der Waals surface area contributed by atoms with Crippen LogP contribution in [0.2, 0.25) is 10.0 Å². The van der Waals surface area contributed by atoms with Crippen LogP contribution in [0.5, 0.6) is 0 Å². The van der Waals surface area contributed by atoms with Crippen LogP contribution in [0, 0.1) is 0 Å². The Hall–Kier alpha value is -0.260. The molecule has 0 unspecified atom stereocenters. The van der Waals surface area contributed by atoms with E-state index in [4.69, 9.17) is 45.9 Å². The Morgan fingerprint density at radius 2 is 2.00 bits per heavy atom. The quantitative estimate of drug-likeness (QED) is 0.852. The predicted molar refractivity (Wildman–Crippen MR) is 87.6 cm³/mol. The molecule has 0 aliphatic carbocycles. The summed E-state index contributed by atoms with van der Waals surface area (Å²) in [5, 5.41) is 1.50. The molecule has 0 aromatic heterocycles. The van der Waals surface area contributed by atoms with Gasteiger partial charge in [-0.3, -0.25) is 0 Å². The zero-order chi connectivity index (χ0) is 13.7. The summed E-state index contributed by atoms with van der Waals surface area (Å²) >= 11 is 16.8. The van der Waals surface area contributed by atoms with Crippen molar-refractivity contribution in [2.24, 2.45) is 5.73 Å². The normalized spacial score (nSPS) is 11.4. The molecule has 3 nitrogen and oxygen atoms in total. The molecule has 7 heteroatoms. The highest BCUT2D eigenvalue weighted by molar-refractivity contribution is 7.80. The third-order valence-corrected chi connectivity index (χ3v) is 3.49. The standard InChI is InChI=1S/C12H16Cl2N2OS.ClH/c1-16(2)12(18)17-7-9(15)5-8-3-4-10(13)11(14)6-8;/h3-4,6,9H,5,7,15H2,1-2H3;1H/t9-;/m1./s1. The lowest BCUT2D eigenvalue weighted by Crippen LogP contribution is -2.33. The van der Waals surface area contributed by atoms with Gasteiger partial charge >= 0.3 is 0 Å². The first-order valence-corrected chi connectivity index (χ1v) is 6.60. The molecule has 0 saturated heterocycles. The summed E-state index contributed by atoms with van der Waals surface area (Å²) in [6.07, 6.45) is 0.660. The van der Waals surface area contributed by atoms with Gasteiger partial charge in [0.1, 0.15) is 6.61 Å². The average Bonchev–Trinajstić information content (AvgIpc) is 2.30. The minimum atomic E-state index is -0.139. The van der Waals surface area contributed by atoms with Gasteiger partial charge in [0.05, 0.1) is 10.0 Å². The van der Waals surface area contributed by atoms with Gasteiger partial charge in [-0.1, -0.05) is 29.3 Å². The predicted octanol–water partition coefficient (Wildman–Crippen LogP) is 3.15. The molecule has 1 aromatic carbocycles. The molecule has 0 bridgehead atoms. The van der Waals surface area contributed by atoms with Gasteiger partial charge in [-0.2, -0.15) is 0 Å². The van der Waals surface area contributed by atoms with Crippen LogP contribution in [-0.2, 0) is 11.2 Å². The van der Waals surface area contributed by atoms with Gasteiger partial charge in [-0.05, 0) is 36.3 Å². The second kappa shape index (κ2) is 8.82. The van der Waals surface area contributed by atoms with Gasteiger partial charge in [0, 0.05) is 20.1 Å². The lowest BCUT2D eigenvalue weighted by Gasteiger charge is -2.17. The summed E-state index contributed by atoms with van der Waals surface area (Å²) in [6, 6.07) is 5.34. The first-order chi connectivity index (χ1) is 8.40. The molecule has 1 atom stereocenters. The van der Waals surface area contributed by atoms with Crippen molar-refractivity contribution in [2.45, 2.75) is 12.5 Å². The van der Waals surface area contributed by atoms with Gasteiger partial charge in [-0.25, -0.2) is 0 Å². The maximum atomic E-state index is 5.96. The molecule has 0 saturated carbocycles. The van der Waals surface area contributed by atoms with Gasteiger partial charge in [0.25, 0.3) is 5.17 Å². The topological polar surface area (TPSA) is 38.5 Å². The maximum Gasteiger partial charge on any atom is 0.258 e.